The molecule has 1 heterocycles. The summed E-state index contributed by atoms with van der Waals surface area (Å²) in [7, 11) is 0. The molecule has 1 aromatic carbocycles. The molecule has 0 unspecified atom stereocenters. The fourth-order valence-corrected chi connectivity index (χ4v) is 1.87. The van der Waals surface area contributed by atoms with Crippen LogP contribution < -0.4 is 11.3 Å². The number of nitrogen functional groups attached to an aromatic ring is 1. The van der Waals surface area contributed by atoms with Gasteiger partial charge in [-0.1, -0.05) is 22.0 Å². The van der Waals surface area contributed by atoms with Crippen LogP contribution in [0, 0.1) is 5.82 Å². The molecule has 0 aliphatic heterocycles. The summed E-state index contributed by atoms with van der Waals surface area (Å²) in [5.74, 6) is -0.0728. The summed E-state index contributed by atoms with van der Waals surface area (Å²) in [5.41, 5.74) is 6.00. The molecule has 0 aliphatic carbocycles. The molecule has 0 saturated carbocycles. The van der Waals surface area contributed by atoms with Crippen LogP contribution in [0.2, 0.25) is 0 Å². The van der Waals surface area contributed by atoms with Crippen LogP contribution >= 0.6 is 15.9 Å². The van der Waals surface area contributed by atoms with Gasteiger partial charge >= 0.3 is 0 Å². The first-order chi connectivity index (χ1) is 8.06. The number of benzene rings is 1. The molecule has 0 fully saturated rings. The lowest BCUT2D eigenvalue weighted by molar-refractivity contribution is 0.618. The maximum absolute atomic E-state index is 12.9. The number of nitrogens with two attached hydrogens (primary N) is 1. The molecule has 0 bridgehead atoms. The standard InChI is InChI=1S/C11H9BrFN3O/c12-9-5-8(13)2-1-7(9)6-16-11(17)4-3-10(14)15-16/h1-5H,6H2,(H2,14,15). The number of hydrogen-bond acceptors (Lipinski definition) is 3. The Labute approximate surface area is 105 Å². The number of hydrogen-bond donors (Lipinski definition) is 1. The number of nitrogens with zero attached hydrogens (tertiary/aromatic N) is 2. The van der Waals surface area contributed by atoms with E-state index >= 15 is 0 Å². The Morgan fingerprint density at radius 2 is 2.12 bits per heavy atom. The van der Waals surface area contributed by atoms with Crippen molar-refractivity contribution < 1.29 is 4.39 Å². The van der Waals surface area contributed by atoms with Gasteiger partial charge in [-0.05, 0) is 23.8 Å². The maximum Gasteiger partial charge on any atom is 0.267 e. The van der Waals surface area contributed by atoms with E-state index in [2.05, 4.69) is 21.0 Å². The van der Waals surface area contributed by atoms with Crippen molar-refractivity contribution >= 4 is 21.7 Å². The lowest BCUT2D eigenvalue weighted by Gasteiger charge is -2.07. The average Bonchev–Trinajstić information content (AvgIpc) is 2.27. The number of rotatable bonds is 2. The predicted molar refractivity (Wildman–Crippen MR) is 66.1 cm³/mol. The number of anilines is 1. The van der Waals surface area contributed by atoms with Gasteiger partial charge in [0.05, 0.1) is 6.54 Å². The highest BCUT2D eigenvalue weighted by Gasteiger charge is 2.05. The number of halogens is 2. The van der Waals surface area contributed by atoms with Crippen molar-refractivity contribution in [1.29, 1.82) is 0 Å². The highest BCUT2D eigenvalue weighted by atomic mass is 79.9. The van der Waals surface area contributed by atoms with Crippen LogP contribution in [-0.4, -0.2) is 9.78 Å². The van der Waals surface area contributed by atoms with Crippen molar-refractivity contribution in [3.63, 3.8) is 0 Å². The maximum atomic E-state index is 12.9. The van der Waals surface area contributed by atoms with Crippen LogP contribution in [0.15, 0.2) is 39.6 Å². The van der Waals surface area contributed by atoms with Gasteiger partial charge in [0.2, 0.25) is 0 Å². The summed E-state index contributed by atoms with van der Waals surface area (Å²) in [6, 6.07) is 7.05. The Kier molecular flexibility index (Phi) is 3.23. The van der Waals surface area contributed by atoms with Crippen molar-refractivity contribution in [3.8, 4) is 0 Å². The second-order valence-electron chi connectivity index (χ2n) is 3.49. The van der Waals surface area contributed by atoms with Gasteiger partial charge in [0.1, 0.15) is 11.6 Å². The van der Waals surface area contributed by atoms with Gasteiger partial charge < -0.3 is 5.73 Å². The van der Waals surface area contributed by atoms with Crippen molar-refractivity contribution in [2.45, 2.75) is 6.54 Å². The summed E-state index contributed by atoms with van der Waals surface area (Å²) in [5, 5.41) is 3.90. The molecule has 6 heteroatoms. The van der Waals surface area contributed by atoms with Crippen molar-refractivity contribution in [3.05, 3.63) is 56.5 Å². The zero-order chi connectivity index (χ0) is 12.4. The third-order valence-corrected chi connectivity index (χ3v) is 2.96. The minimum Gasteiger partial charge on any atom is -0.382 e. The Balaban J connectivity index is 2.38. The third kappa shape index (κ3) is 2.71. The monoisotopic (exact) mass is 297 g/mol. The highest BCUT2D eigenvalue weighted by molar-refractivity contribution is 9.10. The normalized spacial score (nSPS) is 10.5. The quantitative estimate of drug-likeness (QED) is 0.919. The number of aromatic nitrogens is 2. The second-order valence-corrected chi connectivity index (χ2v) is 4.34. The van der Waals surface area contributed by atoms with Crippen LogP contribution in [0.3, 0.4) is 0 Å². The predicted octanol–water partition coefficient (Wildman–Crippen LogP) is 1.78. The van der Waals surface area contributed by atoms with Gasteiger partial charge in [0.15, 0.2) is 0 Å². The van der Waals surface area contributed by atoms with Gasteiger partial charge in [0.25, 0.3) is 5.56 Å². The molecule has 4 nitrogen and oxygen atoms in total. The van der Waals surface area contributed by atoms with Crippen molar-refractivity contribution in [2.24, 2.45) is 0 Å². The van der Waals surface area contributed by atoms with Crippen LogP contribution in [0.25, 0.3) is 0 Å². The van der Waals surface area contributed by atoms with Crippen molar-refractivity contribution in [2.75, 3.05) is 5.73 Å². The summed E-state index contributed by atoms with van der Waals surface area (Å²) < 4.78 is 14.7. The van der Waals surface area contributed by atoms with Crippen LogP contribution in [0.5, 0.6) is 0 Å². The smallest absolute Gasteiger partial charge is 0.267 e. The van der Waals surface area contributed by atoms with E-state index in [1.165, 1.54) is 28.9 Å². The molecule has 88 valence electrons. The zero-order valence-electron chi connectivity index (χ0n) is 8.73. The van der Waals surface area contributed by atoms with E-state index < -0.39 is 0 Å². The molecule has 2 rings (SSSR count). The molecule has 0 saturated heterocycles. The van der Waals surface area contributed by atoms with Gasteiger partial charge in [-0.15, -0.1) is 0 Å². The van der Waals surface area contributed by atoms with E-state index in [-0.39, 0.29) is 23.7 Å². The molecule has 1 aromatic heterocycles. The average molecular weight is 298 g/mol. The van der Waals surface area contributed by atoms with E-state index in [1.807, 2.05) is 0 Å². The summed E-state index contributed by atoms with van der Waals surface area (Å²) in [6.07, 6.45) is 0. The van der Waals surface area contributed by atoms with E-state index in [1.54, 1.807) is 6.07 Å². The molecule has 0 spiro atoms. The molecular formula is C11H9BrFN3O. The van der Waals surface area contributed by atoms with Crippen LogP contribution in [0.1, 0.15) is 5.56 Å². The second kappa shape index (κ2) is 4.67. The molecule has 0 radical (unpaired) electrons. The van der Waals surface area contributed by atoms with Gasteiger partial charge in [0, 0.05) is 10.5 Å². The fourth-order valence-electron chi connectivity index (χ4n) is 1.39. The van der Waals surface area contributed by atoms with Crippen LogP contribution in [0.4, 0.5) is 10.2 Å². The summed E-state index contributed by atoms with van der Waals surface area (Å²) in [4.78, 5) is 11.5. The SMILES string of the molecule is Nc1ccc(=O)n(Cc2ccc(F)cc2Br)n1. The molecular weight excluding hydrogens is 289 g/mol. The molecule has 2 N–H and O–H groups in total. The Morgan fingerprint density at radius 3 is 2.82 bits per heavy atom. The molecule has 2 aromatic rings. The Morgan fingerprint density at radius 1 is 1.35 bits per heavy atom. The minimum absolute atomic E-state index is 0.241. The molecule has 17 heavy (non-hydrogen) atoms. The van der Waals surface area contributed by atoms with Crippen molar-refractivity contribution in [1.82, 2.24) is 9.78 Å². The topological polar surface area (TPSA) is 60.9 Å². The van der Waals surface area contributed by atoms with E-state index in [0.29, 0.717) is 4.47 Å². The first kappa shape index (κ1) is 11.8. The highest BCUT2D eigenvalue weighted by Crippen LogP contribution is 2.18. The first-order valence-corrected chi connectivity index (χ1v) is 5.63. The largest absolute Gasteiger partial charge is 0.382 e. The Hall–Kier alpha value is -1.69. The zero-order valence-corrected chi connectivity index (χ0v) is 10.3. The van der Waals surface area contributed by atoms with E-state index in [4.69, 9.17) is 5.73 Å². The third-order valence-electron chi connectivity index (χ3n) is 2.22. The Bertz CT molecular complexity index is 612. The van der Waals surface area contributed by atoms with E-state index in [9.17, 15) is 9.18 Å². The first-order valence-electron chi connectivity index (χ1n) is 4.84. The van der Waals surface area contributed by atoms with E-state index in [0.717, 1.165) is 5.56 Å². The molecule has 0 atom stereocenters. The van der Waals surface area contributed by atoms with Gasteiger partial charge in [-0.2, -0.15) is 5.10 Å². The lowest BCUT2D eigenvalue weighted by Crippen LogP contribution is -2.23. The molecule has 0 aliphatic rings. The minimum atomic E-state index is -0.339. The van der Waals surface area contributed by atoms with Gasteiger partial charge in [-0.25, -0.2) is 9.07 Å². The lowest BCUT2D eigenvalue weighted by atomic mass is 10.2. The molecule has 0 amide bonds. The van der Waals surface area contributed by atoms with Gasteiger partial charge in [-0.3, -0.25) is 4.79 Å². The summed E-state index contributed by atoms with van der Waals surface area (Å²) in [6.45, 7) is 0.241. The summed E-state index contributed by atoms with van der Waals surface area (Å²) >= 11 is 3.23. The fraction of sp³-hybridized carbons (Fsp3) is 0.0909. The van der Waals surface area contributed by atoms with Crippen LogP contribution in [-0.2, 0) is 6.54 Å².